The first-order valence-electron chi connectivity index (χ1n) is 6.08. The van der Waals surface area contributed by atoms with Crippen LogP contribution in [0.15, 0.2) is 24.3 Å². The highest BCUT2D eigenvalue weighted by Crippen LogP contribution is 2.28. The fourth-order valence-electron chi connectivity index (χ4n) is 1.98. The molecule has 0 bridgehead atoms. The smallest absolute Gasteiger partial charge is 0.130 e. The quantitative estimate of drug-likeness (QED) is 0.776. The zero-order valence-corrected chi connectivity index (χ0v) is 11.4. The molecule has 0 atom stereocenters. The van der Waals surface area contributed by atoms with Gasteiger partial charge in [-0.2, -0.15) is 0 Å². The third kappa shape index (κ3) is 4.22. The highest BCUT2D eigenvalue weighted by atomic mass is 16.5. The lowest BCUT2D eigenvalue weighted by Gasteiger charge is -2.24. The molecule has 0 radical (unpaired) electrons. The number of carbonyl (C=O) groups excluding carboxylic acids is 1. The van der Waals surface area contributed by atoms with Crippen LogP contribution < -0.4 is 4.74 Å². The Balaban J connectivity index is 2.82. The van der Waals surface area contributed by atoms with Crippen molar-refractivity contribution in [2.24, 2.45) is 0 Å². The van der Waals surface area contributed by atoms with E-state index in [1.54, 1.807) is 6.92 Å². The molecule has 0 saturated carbocycles. The molecule has 17 heavy (non-hydrogen) atoms. The van der Waals surface area contributed by atoms with E-state index in [4.69, 9.17) is 4.74 Å². The van der Waals surface area contributed by atoms with Crippen LogP contribution in [0, 0.1) is 0 Å². The lowest BCUT2D eigenvalue weighted by Crippen LogP contribution is -2.20. The van der Waals surface area contributed by atoms with Gasteiger partial charge in [-0.3, -0.25) is 4.79 Å². The molecule has 0 aliphatic heterocycles. The fourth-order valence-corrected chi connectivity index (χ4v) is 1.98. The van der Waals surface area contributed by atoms with Crippen LogP contribution >= 0.6 is 0 Å². The summed E-state index contributed by atoms with van der Waals surface area (Å²) in [6.07, 6.45) is 0.753. The Kier molecular flexibility index (Phi) is 4.33. The molecule has 0 unspecified atom stereocenters. The first-order valence-corrected chi connectivity index (χ1v) is 6.08. The maximum Gasteiger partial charge on any atom is 0.130 e. The summed E-state index contributed by atoms with van der Waals surface area (Å²) in [5.74, 6) is 1.10. The van der Waals surface area contributed by atoms with Crippen LogP contribution in [0.5, 0.6) is 5.75 Å². The summed E-state index contributed by atoms with van der Waals surface area (Å²) in [6, 6.07) is 8.02. The number of hydrogen-bond donors (Lipinski definition) is 0. The van der Waals surface area contributed by atoms with E-state index in [1.807, 2.05) is 38.1 Å². The van der Waals surface area contributed by atoms with Crippen molar-refractivity contribution in [3.05, 3.63) is 29.8 Å². The van der Waals surface area contributed by atoms with Gasteiger partial charge in [-0.1, -0.05) is 26.0 Å². The Morgan fingerprint density at radius 3 is 2.18 bits per heavy atom. The van der Waals surface area contributed by atoms with Crippen molar-refractivity contribution >= 4 is 5.78 Å². The summed E-state index contributed by atoms with van der Waals surface area (Å²) in [5, 5.41) is 0. The average Bonchev–Trinajstić information content (AvgIpc) is 2.15. The van der Waals surface area contributed by atoms with Crippen molar-refractivity contribution in [1.82, 2.24) is 0 Å². The molecule has 1 aromatic rings. The molecule has 0 fully saturated rings. The van der Waals surface area contributed by atoms with Gasteiger partial charge in [-0.05, 0) is 43.9 Å². The molecule has 1 aromatic carbocycles. The second-order valence-corrected chi connectivity index (χ2v) is 5.45. The maximum atomic E-state index is 11.2. The minimum atomic E-state index is -0.109. The van der Waals surface area contributed by atoms with Crippen LogP contribution in [0.1, 0.15) is 46.6 Å². The van der Waals surface area contributed by atoms with Crippen molar-refractivity contribution in [2.75, 3.05) is 0 Å². The molecule has 0 heterocycles. The van der Waals surface area contributed by atoms with E-state index in [1.165, 1.54) is 5.56 Å². The number of hydrogen-bond acceptors (Lipinski definition) is 2. The summed E-state index contributed by atoms with van der Waals surface area (Å²) >= 11 is 0. The van der Waals surface area contributed by atoms with E-state index in [0.29, 0.717) is 6.42 Å². The highest BCUT2D eigenvalue weighted by molar-refractivity contribution is 5.77. The largest absolute Gasteiger partial charge is 0.491 e. The van der Waals surface area contributed by atoms with Gasteiger partial charge in [0.05, 0.1) is 6.10 Å². The van der Waals surface area contributed by atoms with Crippen LogP contribution in [0.4, 0.5) is 0 Å². The van der Waals surface area contributed by atoms with Crippen LogP contribution in [-0.2, 0) is 10.2 Å². The zero-order chi connectivity index (χ0) is 13.1. The third-order valence-corrected chi connectivity index (χ3v) is 2.70. The predicted molar refractivity (Wildman–Crippen MR) is 70.5 cm³/mol. The molecule has 0 saturated heterocycles. The Morgan fingerprint density at radius 2 is 1.76 bits per heavy atom. The van der Waals surface area contributed by atoms with E-state index in [-0.39, 0.29) is 17.3 Å². The van der Waals surface area contributed by atoms with Crippen molar-refractivity contribution in [3.8, 4) is 5.75 Å². The molecule has 0 aliphatic rings. The first-order chi connectivity index (χ1) is 7.81. The van der Waals surface area contributed by atoms with Crippen LogP contribution in [-0.4, -0.2) is 11.9 Å². The molecule has 1 rings (SSSR count). The van der Waals surface area contributed by atoms with Gasteiger partial charge in [0.25, 0.3) is 0 Å². The SMILES string of the molecule is CC(=O)CC(C)(C)c1ccc(OC(C)C)cc1. The molecule has 0 N–H and O–H groups in total. The minimum Gasteiger partial charge on any atom is -0.491 e. The number of carbonyl (C=O) groups is 1. The van der Waals surface area contributed by atoms with E-state index in [9.17, 15) is 4.79 Å². The number of ether oxygens (including phenoxy) is 1. The predicted octanol–water partition coefficient (Wildman–Crippen LogP) is 3.73. The Labute approximate surface area is 104 Å². The van der Waals surface area contributed by atoms with Crippen molar-refractivity contribution in [2.45, 2.75) is 52.6 Å². The molecule has 94 valence electrons. The number of Topliss-reactive ketones (excluding diaryl/α,β-unsaturated/α-hetero) is 1. The monoisotopic (exact) mass is 234 g/mol. The lowest BCUT2D eigenvalue weighted by molar-refractivity contribution is -0.118. The van der Waals surface area contributed by atoms with Gasteiger partial charge in [-0.15, -0.1) is 0 Å². The van der Waals surface area contributed by atoms with Crippen molar-refractivity contribution < 1.29 is 9.53 Å². The maximum absolute atomic E-state index is 11.2. The van der Waals surface area contributed by atoms with Crippen LogP contribution in [0.3, 0.4) is 0 Å². The van der Waals surface area contributed by atoms with Crippen molar-refractivity contribution in [3.63, 3.8) is 0 Å². The van der Waals surface area contributed by atoms with E-state index < -0.39 is 0 Å². The number of ketones is 1. The third-order valence-electron chi connectivity index (χ3n) is 2.70. The normalized spacial score (nSPS) is 11.6. The van der Waals surface area contributed by atoms with E-state index in [0.717, 1.165) is 5.75 Å². The second-order valence-electron chi connectivity index (χ2n) is 5.45. The fraction of sp³-hybridized carbons (Fsp3) is 0.533. The molecular weight excluding hydrogens is 212 g/mol. The van der Waals surface area contributed by atoms with E-state index in [2.05, 4.69) is 13.8 Å². The standard InChI is InChI=1S/C15H22O2/c1-11(2)17-14-8-6-13(7-9-14)15(4,5)10-12(3)16/h6-9,11H,10H2,1-5H3. The zero-order valence-electron chi connectivity index (χ0n) is 11.4. The molecule has 2 heteroatoms. The minimum absolute atomic E-state index is 0.109. The molecule has 2 nitrogen and oxygen atoms in total. The van der Waals surface area contributed by atoms with Crippen molar-refractivity contribution in [1.29, 1.82) is 0 Å². The number of benzene rings is 1. The first kappa shape index (κ1) is 13.8. The van der Waals surface area contributed by atoms with Gasteiger partial charge in [0.1, 0.15) is 11.5 Å². The van der Waals surface area contributed by atoms with Gasteiger partial charge >= 0.3 is 0 Å². The number of rotatable bonds is 5. The molecule has 0 aliphatic carbocycles. The second kappa shape index (κ2) is 5.35. The van der Waals surface area contributed by atoms with Gasteiger partial charge in [-0.25, -0.2) is 0 Å². The van der Waals surface area contributed by atoms with Gasteiger partial charge in [0.15, 0.2) is 0 Å². The van der Waals surface area contributed by atoms with Gasteiger partial charge < -0.3 is 4.74 Å². The average molecular weight is 234 g/mol. The van der Waals surface area contributed by atoms with Crippen LogP contribution in [0.25, 0.3) is 0 Å². The summed E-state index contributed by atoms with van der Waals surface area (Å²) < 4.78 is 5.60. The summed E-state index contributed by atoms with van der Waals surface area (Å²) in [7, 11) is 0. The highest BCUT2D eigenvalue weighted by Gasteiger charge is 2.22. The Morgan fingerprint density at radius 1 is 1.24 bits per heavy atom. The summed E-state index contributed by atoms with van der Waals surface area (Å²) in [5.41, 5.74) is 1.06. The van der Waals surface area contributed by atoms with E-state index >= 15 is 0 Å². The molecule has 0 amide bonds. The van der Waals surface area contributed by atoms with Gasteiger partial charge in [0.2, 0.25) is 0 Å². The Hall–Kier alpha value is -1.31. The topological polar surface area (TPSA) is 26.3 Å². The lowest BCUT2D eigenvalue weighted by atomic mass is 9.80. The summed E-state index contributed by atoms with van der Waals surface area (Å²) in [4.78, 5) is 11.2. The summed E-state index contributed by atoms with van der Waals surface area (Å²) in [6.45, 7) is 9.83. The molecule has 0 spiro atoms. The molecular formula is C15H22O2. The Bertz CT molecular complexity index is 374. The van der Waals surface area contributed by atoms with Crippen LogP contribution in [0.2, 0.25) is 0 Å². The molecule has 0 aromatic heterocycles. The van der Waals surface area contributed by atoms with Gasteiger partial charge in [0, 0.05) is 6.42 Å².